The van der Waals surface area contributed by atoms with Crippen LogP contribution in [0, 0.1) is 6.92 Å². The fraction of sp³-hybridized carbons (Fsp3) is 0.429. The largest absolute Gasteiger partial charge is 0.485 e. The van der Waals surface area contributed by atoms with E-state index in [1.165, 1.54) is 0 Å². The molecule has 0 bridgehead atoms. The first-order chi connectivity index (χ1) is 9.13. The normalized spacial score (nSPS) is 10.7. The van der Waals surface area contributed by atoms with Crippen LogP contribution in [0.2, 0.25) is 0 Å². The first kappa shape index (κ1) is 13.5. The number of hydrogen-bond acceptors (Lipinski definition) is 4. The lowest BCUT2D eigenvalue weighted by Gasteiger charge is -2.10. The van der Waals surface area contributed by atoms with Gasteiger partial charge in [0.1, 0.15) is 12.4 Å². The van der Waals surface area contributed by atoms with Crippen molar-refractivity contribution in [2.45, 2.75) is 33.4 Å². The van der Waals surface area contributed by atoms with Gasteiger partial charge in [0.2, 0.25) is 0 Å². The molecule has 2 aromatic heterocycles. The van der Waals surface area contributed by atoms with E-state index in [9.17, 15) is 0 Å². The zero-order valence-electron chi connectivity index (χ0n) is 11.7. The Balaban J connectivity index is 2.11. The maximum absolute atomic E-state index is 5.80. The number of pyridine rings is 1. The van der Waals surface area contributed by atoms with Crippen molar-refractivity contribution in [2.24, 2.45) is 12.8 Å². The third-order valence-electron chi connectivity index (χ3n) is 3.03. The second-order valence-electron chi connectivity index (χ2n) is 4.49. The van der Waals surface area contributed by atoms with Crippen molar-refractivity contribution < 1.29 is 4.74 Å². The van der Waals surface area contributed by atoms with Gasteiger partial charge in [0, 0.05) is 19.3 Å². The number of nitrogens with zero attached hydrogens (tertiary/aromatic N) is 3. The summed E-state index contributed by atoms with van der Waals surface area (Å²) in [5, 5.41) is 4.39. The molecule has 2 heterocycles. The molecule has 0 atom stereocenters. The Morgan fingerprint density at radius 2 is 2.16 bits per heavy atom. The fourth-order valence-electron chi connectivity index (χ4n) is 1.91. The van der Waals surface area contributed by atoms with Crippen LogP contribution in [-0.2, 0) is 26.6 Å². The van der Waals surface area contributed by atoms with Gasteiger partial charge in [0.25, 0.3) is 0 Å². The Morgan fingerprint density at radius 3 is 2.79 bits per heavy atom. The lowest BCUT2D eigenvalue weighted by molar-refractivity contribution is 0.290. The van der Waals surface area contributed by atoms with Gasteiger partial charge in [0.05, 0.1) is 17.1 Å². The molecule has 0 saturated heterocycles. The average Bonchev–Trinajstić information content (AvgIpc) is 2.78. The Kier molecular flexibility index (Phi) is 4.16. The van der Waals surface area contributed by atoms with E-state index < -0.39 is 0 Å². The summed E-state index contributed by atoms with van der Waals surface area (Å²) in [5.41, 5.74) is 9.53. The van der Waals surface area contributed by atoms with E-state index >= 15 is 0 Å². The van der Waals surface area contributed by atoms with Crippen LogP contribution in [0.3, 0.4) is 0 Å². The van der Waals surface area contributed by atoms with Gasteiger partial charge < -0.3 is 10.5 Å². The third-order valence-corrected chi connectivity index (χ3v) is 3.03. The molecule has 0 aliphatic carbocycles. The van der Waals surface area contributed by atoms with Gasteiger partial charge in [-0.2, -0.15) is 5.10 Å². The second-order valence-corrected chi connectivity index (χ2v) is 4.49. The van der Waals surface area contributed by atoms with Crippen molar-refractivity contribution in [3.05, 3.63) is 41.0 Å². The predicted octanol–water partition coefficient (Wildman–Crippen LogP) is 1.72. The highest BCUT2D eigenvalue weighted by atomic mass is 16.5. The molecule has 2 rings (SSSR count). The number of ether oxygens (including phenoxy) is 1. The monoisotopic (exact) mass is 260 g/mol. The number of aromatic nitrogens is 3. The summed E-state index contributed by atoms with van der Waals surface area (Å²) in [7, 11) is 1.93. The van der Waals surface area contributed by atoms with Gasteiger partial charge in [-0.05, 0) is 31.5 Å². The highest BCUT2D eigenvalue weighted by molar-refractivity contribution is 5.29. The summed E-state index contributed by atoms with van der Waals surface area (Å²) in [6.45, 7) is 4.88. The standard InChI is InChI=1S/C14H20N4O/c1-4-11-7-12(18(3)17-11)9-19-14-6-5-10(2)16-13(14)8-15/h5-7H,4,8-9,15H2,1-3H3. The molecule has 0 fully saturated rings. The molecule has 0 aliphatic rings. The quantitative estimate of drug-likeness (QED) is 0.889. The summed E-state index contributed by atoms with van der Waals surface area (Å²) in [6.07, 6.45) is 0.925. The van der Waals surface area contributed by atoms with E-state index in [0.29, 0.717) is 13.2 Å². The zero-order valence-corrected chi connectivity index (χ0v) is 11.7. The molecule has 5 nitrogen and oxygen atoms in total. The number of hydrogen-bond donors (Lipinski definition) is 1. The van der Waals surface area contributed by atoms with Crippen molar-refractivity contribution in [2.75, 3.05) is 0 Å². The van der Waals surface area contributed by atoms with Crippen molar-refractivity contribution in [3.63, 3.8) is 0 Å². The fourth-order valence-corrected chi connectivity index (χ4v) is 1.91. The first-order valence-corrected chi connectivity index (χ1v) is 6.45. The number of nitrogens with two attached hydrogens (primary N) is 1. The van der Waals surface area contributed by atoms with Gasteiger partial charge in [0.15, 0.2) is 0 Å². The maximum Gasteiger partial charge on any atom is 0.142 e. The average molecular weight is 260 g/mol. The molecule has 0 aromatic carbocycles. The molecule has 19 heavy (non-hydrogen) atoms. The number of rotatable bonds is 5. The highest BCUT2D eigenvalue weighted by Crippen LogP contribution is 2.18. The summed E-state index contributed by atoms with van der Waals surface area (Å²) in [4.78, 5) is 4.38. The Hall–Kier alpha value is -1.88. The Labute approximate surface area is 113 Å². The van der Waals surface area contributed by atoms with Crippen LogP contribution >= 0.6 is 0 Å². The Bertz CT molecular complexity index is 563. The van der Waals surface area contributed by atoms with Crippen LogP contribution in [0.25, 0.3) is 0 Å². The third kappa shape index (κ3) is 3.12. The molecular formula is C14H20N4O. The summed E-state index contributed by atoms with van der Waals surface area (Å²) in [6, 6.07) is 5.90. The minimum Gasteiger partial charge on any atom is -0.485 e. The molecule has 0 spiro atoms. The van der Waals surface area contributed by atoms with Crippen molar-refractivity contribution >= 4 is 0 Å². The van der Waals surface area contributed by atoms with Gasteiger partial charge in [-0.25, -0.2) is 0 Å². The van der Waals surface area contributed by atoms with Crippen LogP contribution < -0.4 is 10.5 Å². The smallest absolute Gasteiger partial charge is 0.142 e. The van der Waals surface area contributed by atoms with E-state index in [0.717, 1.165) is 34.9 Å². The molecule has 0 unspecified atom stereocenters. The van der Waals surface area contributed by atoms with Crippen LogP contribution in [0.4, 0.5) is 0 Å². The molecule has 5 heteroatoms. The van der Waals surface area contributed by atoms with Crippen molar-refractivity contribution in [1.82, 2.24) is 14.8 Å². The number of aryl methyl sites for hydroxylation is 3. The van der Waals surface area contributed by atoms with Crippen LogP contribution in [0.1, 0.15) is 29.7 Å². The van der Waals surface area contributed by atoms with Crippen LogP contribution in [0.15, 0.2) is 18.2 Å². The summed E-state index contributed by atoms with van der Waals surface area (Å²) in [5.74, 6) is 0.743. The van der Waals surface area contributed by atoms with E-state index in [1.807, 2.05) is 30.8 Å². The van der Waals surface area contributed by atoms with Crippen molar-refractivity contribution in [3.8, 4) is 5.75 Å². The minimum atomic E-state index is 0.378. The lowest BCUT2D eigenvalue weighted by Crippen LogP contribution is -2.08. The molecule has 0 saturated carbocycles. The molecule has 0 aliphatic heterocycles. The first-order valence-electron chi connectivity index (χ1n) is 6.45. The Morgan fingerprint density at radius 1 is 1.37 bits per heavy atom. The van der Waals surface area contributed by atoms with Crippen LogP contribution in [0.5, 0.6) is 5.75 Å². The zero-order chi connectivity index (χ0) is 13.8. The van der Waals surface area contributed by atoms with E-state index in [4.69, 9.17) is 10.5 Å². The van der Waals surface area contributed by atoms with Crippen molar-refractivity contribution in [1.29, 1.82) is 0 Å². The second kappa shape index (κ2) is 5.84. The van der Waals surface area contributed by atoms with E-state index in [1.54, 1.807) is 0 Å². The van der Waals surface area contributed by atoms with Gasteiger partial charge >= 0.3 is 0 Å². The SMILES string of the molecule is CCc1cc(COc2ccc(C)nc2CN)n(C)n1. The molecule has 2 N–H and O–H groups in total. The maximum atomic E-state index is 5.80. The predicted molar refractivity (Wildman–Crippen MR) is 73.8 cm³/mol. The van der Waals surface area contributed by atoms with Gasteiger partial charge in [-0.15, -0.1) is 0 Å². The van der Waals surface area contributed by atoms with Gasteiger partial charge in [-0.3, -0.25) is 9.67 Å². The molecule has 102 valence electrons. The molecule has 2 aromatic rings. The van der Waals surface area contributed by atoms with Gasteiger partial charge in [-0.1, -0.05) is 6.92 Å². The summed E-state index contributed by atoms with van der Waals surface area (Å²) < 4.78 is 7.65. The lowest BCUT2D eigenvalue weighted by atomic mass is 10.3. The van der Waals surface area contributed by atoms with Crippen LogP contribution in [-0.4, -0.2) is 14.8 Å². The topological polar surface area (TPSA) is 66.0 Å². The van der Waals surface area contributed by atoms with E-state index in [-0.39, 0.29) is 0 Å². The molecule has 0 radical (unpaired) electrons. The molecule has 0 amide bonds. The summed E-state index contributed by atoms with van der Waals surface area (Å²) >= 11 is 0. The van der Waals surface area contributed by atoms with E-state index in [2.05, 4.69) is 23.1 Å². The minimum absolute atomic E-state index is 0.378. The molecular weight excluding hydrogens is 240 g/mol. The highest BCUT2D eigenvalue weighted by Gasteiger charge is 2.08.